The van der Waals surface area contributed by atoms with Crippen LogP contribution in [0.2, 0.25) is 10.2 Å². The Labute approximate surface area is 155 Å². The zero-order chi connectivity index (χ0) is 19.1. The Bertz CT molecular complexity index is 860. The van der Waals surface area contributed by atoms with E-state index in [1.165, 1.54) is 24.3 Å². The number of hydrogen-bond acceptors (Lipinski definition) is 4. The van der Waals surface area contributed by atoms with E-state index < -0.39 is 24.2 Å². The van der Waals surface area contributed by atoms with Crippen LogP contribution in [-0.4, -0.2) is 28.3 Å². The summed E-state index contributed by atoms with van der Waals surface area (Å²) in [6.07, 6.45) is -7.67. The first kappa shape index (κ1) is 18.6. The molecule has 2 aromatic rings. The van der Waals surface area contributed by atoms with Gasteiger partial charge in [-0.1, -0.05) is 29.3 Å². The third-order valence-electron chi connectivity index (χ3n) is 3.72. The lowest BCUT2D eigenvalue weighted by Gasteiger charge is -2.32. The highest BCUT2D eigenvalue weighted by Crippen LogP contribution is 2.43. The number of rotatable bonds is 3. The van der Waals surface area contributed by atoms with Crippen LogP contribution in [0.15, 0.2) is 30.3 Å². The van der Waals surface area contributed by atoms with E-state index in [1.54, 1.807) is 6.07 Å². The Morgan fingerprint density at radius 1 is 1.31 bits per heavy atom. The van der Waals surface area contributed by atoms with Gasteiger partial charge in [0.05, 0.1) is 5.02 Å². The third kappa shape index (κ3) is 3.81. The van der Waals surface area contributed by atoms with Crippen LogP contribution in [0.5, 0.6) is 17.4 Å². The van der Waals surface area contributed by atoms with Gasteiger partial charge in [0.1, 0.15) is 16.8 Å². The van der Waals surface area contributed by atoms with Crippen LogP contribution in [0, 0.1) is 5.92 Å². The molecule has 26 heavy (non-hydrogen) atoms. The average Bonchev–Trinajstić information content (AvgIpc) is 2.53. The van der Waals surface area contributed by atoms with Crippen molar-refractivity contribution in [1.29, 1.82) is 0 Å². The van der Waals surface area contributed by atoms with Crippen LogP contribution < -0.4 is 9.47 Å². The lowest BCUT2D eigenvalue weighted by molar-refractivity contribution is -0.217. The molecule has 2 heterocycles. The van der Waals surface area contributed by atoms with E-state index >= 15 is 0 Å². The van der Waals surface area contributed by atoms with Gasteiger partial charge >= 0.3 is 12.1 Å². The summed E-state index contributed by atoms with van der Waals surface area (Å²) in [5.41, 5.74) is 0.245. The summed E-state index contributed by atoms with van der Waals surface area (Å²) in [4.78, 5) is 15.1. The second-order valence-electron chi connectivity index (χ2n) is 5.52. The molecule has 0 spiro atoms. The highest BCUT2D eigenvalue weighted by atomic mass is 35.5. The number of pyridine rings is 1. The standard InChI is InChI=1S/C16H10Cl2F3NO4/c17-9-5-7-4-8(15(23)24)14(16(19,20)21)26-10(7)6-11(9)25-13-3-1-2-12(18)22-13/h1-3,5-6,8,14H,4H2,(H,23,24)/t8-,14+/m1/s1. The normalized spacial score (nSPS) is 19.4. The Hall–Kier alpha value is -2.19. The van der Waals surface area contributed by atoms with Gasteiger partial charge < -0.3 is 14.6 Å². The van der Waals surface area contributed by atoms with Gasteiger partial charge in [-0.15, -0.1) is 0 Å². The molecule has 3 rings (SSSR count). The van der Waals surface area contributed by atoms with E-state index in [0.29, 0.717) is 0 Å². The van der Waals surface area contributed by atoms with Crippen molar-refractivity contribution < 1.29 is 32.5 Å². The molecule has 1 aromatic heterocycles. The van der Waals surface area contributed by atoms with Crippen molar-refractivity contribution in [3.63, 3.8) is 0 Å². The number of aliphatic carboxylic acids is 1. The molecule has 5 nitrogen and oxygen atoms in total. The van der Waals surface area contributed by atoms with Crippen LogP contribution in [0.4, 0.5) is 13.2 Å². The quantitative estimate of drug-likeness (QED) is 0.743. The average molecular weight is 408 g/mol. The van der Waals surface area contributed by atoms with E-state index in [9.17, 15) is 18.0 Å². The van der Waals surface area contributed by atoms with Crippen molar-refractivity contribution in [1.82, 2.24) is 4.98 Å². The van der Waals surface area contributed by atoms with Crippen molar-refractivity contribution in [2.75, 3.05) is 0 Å². The first-order chi connectivity index (χ1) is 12.1. The smallest absolute Gasteiger partial charge is 0.426 e. The number of carboxylic acid groups (broad SMARTS) is 1. The van der Waals surface area contributed by atoms with E-state index in [4.69, 9.17) is 37.8 Å². The summed E-state index contributed by atoms with van der Waals surface area (Å²) in [5, 5.41) is 9.32. The Morgan fingerprint density at radius 3 is 2.65 bits per heavy atom. The molecule has 138 valence electrons. The van der Waals surface area contributed by atoms with Gasteiger partial charge in [0.15, 0.2) is 5.75 Å². The molecule has 0 aliphatic carbocycles. The molecule has 0 unspecified atom stereocenters. The summed E-state index contributed by atoms with van der Waals surface area (Å²) < 4.78 is 49.8. The van der Waals surface area contributed by atoms with Gasteiger partial charge in [-0.3, -0.25) is 4.79 Å². The molecule has 0 radical (unpaired) electrons. The fourth-order valence-electron chi connectivity index (χ4n) is 2.56. The van der Waals surface area contributed by atoms with Crippen LogP contribution in [-0.2, 0) is 11.2 Å². The number of fused-ring (bicyclic) bond motifs is 1. The Morgan fingerprint density at radius 2 is 2.04 bits per heavy atom. The maximum Gasteiger partial charge on any atom is 0.426 e. The predicted octanol–water partition coefficient (Wildman–Crippen LogP) is 4.75. The molecular weight excluding hydrogens is 398 g/mol. The lowest BCUT2D eigenvalue weighted by Crippen LogP contribution is -2.47. The minimum absolute atomic E-state index is 0.00915. The molecule has 0 saturated carbocycles. The van der Waals surface area contributed by atoms with Gasteiger partial charge in [0.25, 0.3) is 0 Å². The first-order valence-corrected chi connectivity index (χ1v) is 8.00. The molecule has 1 aliphatic rings. The summed E-state index contributed by atoms with van der Waals surface area (Å²) in [6.45, 7) is 0. The first-order valence-electron chi connectivity index (χ1n) is 7.24. The maximum atomic E-state index is 13.1. The summed E-state index contributed by atoms with van der Waals surface area (Å²) in [5.74, 6) is -3.41. The largest absolute Gasteiger partial charge is 0.481 e. The number of hydrogen-bond donors (Lipinski definition) is 1. The fourth-order valence-corrected chi connectivity index (χ4v) is 2.94. The van der Waals surface area contributed by atoms with E-state index in [-0.39, 0.29) is 39.5 Å². The third-order valence-corrected chi connectivity index (χ3v) is 4.22. The number of benzene rings is 1. The number of ether oxygens (including phenoxy) is 2. The highest BCUT2D eigenvalue weighted by molar-refractivity contribution is 6.32. The van der Waals surface area contributed by atoms with E-state index in [1.807, 2.05) is 0 Å². The second-order valence-corrected chi connectivity index (χ2v) is 6.31. The molecule has 1 aliphatic heterocycles. The zero-order valence-corrected chi connectivity index (χ0v) is 14.3. The number of nitrogens with zero attached hydrogens (tertiary/aromatic N) is 1. The molecule has 10 heteroatoms. The molecule has 0 bridgehead atoms. The molecule has 0 saturated heterocycles. The van der Waals surface area contributed by atoms with Crippen LogP contribution >= 0.6 is 23.2 Å². The fraction of sp³-hybridized carbons (Fsp3) is 0.250. The Balaban J connectivity index is 1.96. The minimum atomic E-state index is -4.84. The second kappa shape index (κ2) is 6.85. The molecule has 1 aromatic carbocycles. The number of carboxylic acids is 1. The van der Waals surface area contributed by atoms with E-state index in [2.05, 4.69) is 4.98 Å². The van der Waals surface area contributed by atoms with Gasteiger partial charge in [0, 0.05) is 12.1 Å². The van der Waals surface area contributed by atoms with Crippen molar-refractivity contribution in [2.45, 2.75) is 18.7 Å². The predicted molar refractivity (Wildman–Crippen MR) is 86.1 cm³/mol. The molecule has 1 N–H and O–H groups in total. The van der Waals surface area contributed by atoms with Gasteiger partial charge in [0.2, 0.25) is 12.0 Å². The number of alkyl halides is 3. The van der Waals surface area contributed by atoms with Gasteiger partial charge in [-0.05, 0) is 24.1 Å². The van der Waals surface area contributed by atoms with Crippen molar-refractivity contribution in [3.05, 3.63) is 46.1 Å². The lowest BCUT2D eigenvalue weighted by atomic mass is 9.90. The van der Waals surface area contributed by atoms with Crippen LogP contribution in [0.3, 0.4) is 0 Å². The van der Waals surface area contributed by atoms with Gasteiger partial charge in [-0.2, -0.15) is 13.2 Å². The summed E-state index contributed by atoms with van der Waals surface area (Å²) in [7, 11) is 0. The Kier molecular flexibility index (Phi) is 4.90. The number of carbonyl (C=O) groups is 1. The molecule has 0 amide bonds. The number of aromatic nitrogens is 1. The van der Waals surface area contributed by atoms with Crippen molar-refractivity contribution in [2.24, 2.45) is 5.92 Å². The molecule has 2 atom stereocenters. The van der Waals surface area contributed by atoms with Crippen LogP contribution in [0.25, 0.3) is 0 Å². The molecular formula is C16H10Cl2F3NO4. The number of halogens is 5. The zero-order valence-electron chi connectivity index (χ0n) is 12.8. The molecule has 0 fully saturated rings. The topological polar surface area (TPSA) is 68.7 Å². The van der Waals surface area contributed by atoms with Crippen molar-refractivity contribution in [3.8, 4) is 17.4 Å². The highest BCUT2D eigenvalue weighted by Gasteiger charge is 2.52. The summed E-state index contributed by atoms with van der Waals surface area (Å²) >= 11 is 11.8. The monoisotopic (exact) mass is 407 g/mol. The van der Waals surface area contributed by atoms with Crippen LogP contribution in [0.1, 0.15) is 5.56 Å². The SMILES string of the molecule is O=C(O)[C@@H]1Cc2cc(Cl)c(Oc3cccc(Cl)n3)cc2O[C@@H]1C(F)(F)F. The van der Waals surface area contributed by atoms with Gasteiger partial charge in [-0.25, -0.2) is 4.98 Å². The van der Waals surface area contributed by atoms with Crippen molar-refractivity contribution >= 4 is 29.2 Å². The van der Waals surface area contributed by atoms with E-state index in [0.717, 1.165) is 0 Å². The minimum Gasteiger partial charge on any atom is -0.481 e. The summed E-state index contributed by atoms with van der Waals surface area (Å²) in [6, 6.07) is 7.08. The maximum absolute atomic E-state index is 13.1.